The molecule has 0 saturated carbocycles. The van der Waals surface area contributed by atoms with E-state index < -0.39 is 0 Å². The van der Waals surface area contributed by atoms with E-state index in [1.54, 1.807) is 0 Å². The molecule has 0 aliphatic carbocycles. The molecule has 0 aliphatic rings. The standard InChI is InChI=1S/C48H29NO2S/c1-4-22-43-37(15-1)39-26-25-34(29-45(39)50-43)49(32-13-7-11-30(27-32)35-18-9-20-41-38-16-2-5-23-44(38)51-47(35)41)33-14-8-12-31(28-33)36-19-10-21-42-40-17-3-6-24-46(40)52-48(36)42/h1-29H. The predicted octanol–water partition coefficient (Wildman–Crippen LogP) is 14.7. The number of furan rings is 2. The van der Waals surface area contributed by atoms with Crippen LogP contribution in [0, 0.1) is 0 Å². The van der Waals surface area contributed by atoms with E-state index in [0.717, 1.165) is 72.1 Å². The Hall–Kier alpha value is -6.62. The molecule has 8 aromatic carbocycles. The summed E-state index contributed by atoms with van der Waals surface area (Å²) in [6.07, 6.45) is 0. The topological polar surface area (TPSA) is 29.5 Å². The molecule has 4 heteroatoms. The number of thiophene rings is 1. The lowest BCUT2D eigenvalue weighted by Crippen LogP contribution is -2.10. The van der Waals surface area contributed by atoms with Crippen molar-refractivity contribution in [2.75, 3.05) is 4.90 Å². The van der Waals surface area contributed by atoms with Crippen LogP contribution in [0.25, 0.3) is 86.3 Å². The number of nitrogens with zero attached hydrogens (tertiary/aromatic N) is 1. The van der Waals surface area contributed by atoms with Crippen LogP contribution < -0.4 is 4.90 Å². The van der Waals surface area contributed by atoms with Crippen molar-refractivity contribution >= 4 is 92.4 Å². The van der Waals surface area contributed by atoms with Gasteiger partial charge in [-0.25, -0.2) is 0 Å². The van der Waals surface area contributed by atoms with Gasteiger partial charge in [-0.15, -0.1) is 11.3 Å². The monoisotopic (exact) mass is 683 g/mol. The largest absolute Gasteiger partial charge is 0.456 e. The highest BCUT2D eigenvalue weighted by molar-refractivity contribution is 7.26. The quantitative estimate of drug-likeness (QED) is 0.181. The second-order valence-corrected chi connectivity index (χ2v) is 14.3. The molecule has 0 atom stereocenters. The summed E-state index contributed by atoms with van der Waals surface area (Å²) in [5, 5.41) is 7.07. The smallest absolute Gasteiger partial charge is 0.143 e. The van der Waals surface area contributed by atoms with Gasteiger partial charge in [0.1, 0.15) is 22.3 Å². The molecule has 0 radical (unpaired) electrons. The van der Waals surface area contributed by atoms with E-state index >= 15 is 0 Å². The second kappa shape index (κ2) is 11.5. The zero-order valence-corrected chi connectivity index (χ0v) is 28.7. The Labute approximate surface area is 303 Å². The number of hydrogen-bond acceptors (Lipinski definition) is 4. The molecule has 0 spiro atoms. The minimum atomic E-state index is 0.859. The summed E-state index contributed by atoms with van der Waals surface area (Å²) in [6.45, 7) is 0. The Morgan fingerprint density at radius 2 is 0.923 bits per heavy atom. The molecule has 11 rings (SSSR count). The molecule has 3 nitrogen and oxygen atoms in total. The Balaban J connectivity index is 1.11. The first-order valence-electron chi connectivity index (χ1n) is 17.5. The third-order valence-electron chi connectivity index (χ3n) is 10.3. The fourth-order valence-corrected chi connectivity index (χ4v) is 9.11. The minimum absolute atomic E-state index is 0.859. The van der Waals surface area contributed by atoms with E-state index in [4.69, 9.17) is 8.83 Å². The van der Waals surface area contributed by atoms with Crippen molar-refractivity contribution in [2.24, 2.45) is 0 Å². The summed E-state index contributed by atoms with van der Waals surface area (Å²) < 4.78 is 15.5. The third-order valence-corrected chi connectivity index (χ3v) is 11.5. The van der Waals surface area contributed by atoms with Crippen LogP contribution in [-0.4, -0.2) is 0 Å². The zero-order chi connectivity index (χ0) is 34.2. The van der Waals surface area contributed by atoms with Gasteiger partial charge in [0.15, 0.2) is 0 Å². The highest BCUT2D eigenvalue weighted by Crippen LogP contribution is 2.44. The predicted molar refractivity (Wildman–Crippen MR) is 219 cm³/mol. The van der Waals surface area contributed by atoms with Crippen LogP contribution in [-0.2, 0) is 0 Å². The molecule has 0 bridgehead atoms. The maximum absolute atomic E-state index is 6.48. The average molecular weight is 684 g/mol. The molecular weight excluding hydrogens is 655 g/mol. The van der Waals surface area contributed by atoms with Crippen molar-refractivity contribution in [3.05, 3.63) is 176 Å². The van der Waals surface area contributed by atoms with Gasteiger partial charge in [0.2, 0.25) is 0 Å². The Morgan fingerprint density at radius 3 is 1.71 bits per heavy atom. The first-order chi connectivity index (χ1) is 25.8. The van der Waals surface area contributed by atoms with Crippen LogP contribution in [0.4, 0.5) is 17.1 Å². The molecule has 0 aliphatic heterocycles. The van der Waals surface area contributed by atoms with Crippen molar-refractivity contribution < 1.29 is 8.83 Å². The maximum Gasteiger partial charge on any atom is 0.143 e. The van der Waals surface area contributed by atoms with Gasteiger partial charge >= 0.3 is 0 Å². The molecule has 0 unspecified atom stereocenters. The van der Waals surface area contributed by atoms with Crippen LogP contribution in [0.2, 0.25) is 0 Å². The fraction of sp³-hybridized carbons (Fsp3) is 0. The average Bonchev–Trinajstić information content (AvgIpc) is 3.89. The van der Waals surface area contributed by atoms with Crippen LogP contribution >= 0.6 is 11.3 Å². The molecule has 0 N–H and O–H groups in total. The van der Waals surface area contributed by atoms with E-state index in [2.05, 4.69) is 157 Å². The maximum atomic E-state index is 6.48. The number of benzene rings is 8. The van der Waals surface area contributed by atoms with Gasteiger partial charge in [-0.1, -0.05) is 115 Å². The minimum Gasteiger partial charge on any atom is -0.456 e. The van der Waals surface area contributed by atoms with Gasteiger partial charge in [0.25, 0.3) is 0 Å². The van der Waals surface area contributed by atoms with Crippen molar-refractivity contribution in [3.8, 4) is 22.3 Å². The lowest BCUT2D eigenvalue weighted by atomic mass is 10.00. The first-order valence-corrected chi connectivity index (χ1v) is 18.3. The molecule has 0 saturated heterocycles. The Bertz CT molecular complexity index is 3010. The van der Waals surface area contributed by atoms with Gasteiger partial charge in [0.05, 0.1) is 0 Å². The van der Waals surface area contributed by atoms with Gasteiger partial charge < -0.3 is 13.7 Å². The van der Waals surface area contributed by atoms with E-state index in [1.165, 1.54) is 31.3 Å². The molecule has 11 aromatic rings. The van der Waals surface area contributed by atoms with Crippen molar-refractivity contribution in [1.29, 1.82) is 0 Å². The SMILES string of the molecule is c1cc(-c2cccc3c2oc2ccccc23)cc(N(c2cccc(-c3cccc4c3sc3ccccc34)c2)c2ccc3c(c2)oc2ccccc23)c1. The van der Waals surface area contributed by atoms with Gasteiger partial charge in [0, 0.05) is 70.4 Å². The third kappa shape index (κ3) is 4.51. The van der Waals surface area contributed by atoms with E-state index in [9.17, 15) is 0 Å². The summed E-state index contributed by atoms with van der Waals surface area (Å²) in [4.78, 5) is 2.34. The van der Waals surface area contributed by atoms with Gasteiger partial charge in [-0.3, -0.25) is 0 Å². The summed E-state index contributed by atoms with van der Waals surface area (Å²) >= 11 is 1.86. The number of hydrogen-bond donors (Lipinski definition) is 0. The van der Waals surface area contributed by atoms with Crippen LogP contribution in [0.1, 0.15) is 0 Å². The fourth-order valence-electron chi connectivity index (χ4n) is 7.87. The summed E-state index contributed by atoms with van der Waals surface area (Å²) in [5.74, 6) is 0. The molecule has 0 fully saturated rings. The first kappa shape index (κ1) is 29.1. The van der Waals surface area contributed by atoms with E-state index in [0.29, 0.717) is 0 Å². The molecule has 0 amide bonds. The molecule has 244 valence electrons. The van der Waals surface area contributed by atoms with Crippen LogP contribution in [0.15, 0.2) is 185 Å². The normalized spacial score (nSPS) is 11.8. The Kier molecular flexibility index (Phi) is 6.42. The highest BCUT2D eigenvalue weighted by atomic mass is 32.1. The number of rotatable bonds is 5. The zero-order valence-electron chi connectivity index (χ0n) is 27.9. The Morgan fingerprint density at radius 1 is 0.365 bits per heavy atom. The van der Waals surface area contributed by atoms with Crippen molar-refractivity contribution in [1.82, 2.24) is 0 Å². The van der Waals surface area contributed by atoms with Crippen molar-refractivity contribution in [2.45, 2.75) is 0 Å². The van der Waals surface area contributed by atoms with Gasteiger partial charge in [-0.2, -0.15) is 0 Å². The van der Waals surface area contributed by atoms with E-state index in [-0.39, 0.29) is 0 Å². The lowest BCUT2D eigenvalue weighted by molar-refractivity contribution is 0.669. The molecule has 3 heterocycles. The number of anilines is 3. The lowest BCUT2D eigenvalue weighted by Gasteiger charge is -2.26. The highest BCUT2D eigenvalue weighted by Gasteiger charge is 2.19. The number of para-hydroxylation sites is 3. The molecule has 3 aromatic heterocycles. The van der Waals surface area contributed by atoms with Crippen molar-refractivity contribution in [3.63, 3.8) is 0 Å². The second-order valence-electron chi connectivity index (χ2n) is 13.3. The molecule has 52 heavy (non-hydrogen) atoms. The summed E-state index contributed by atoms with van der Waals surface area (Å²) in [5.41, 5.74) is 11.2. The van der Waals surface area contributed by atoms with E-state index in [1.807, 2.05) is 35.6 Å². The summed E-state index contributed by atoms with van der Waals surface area (Å²) in [7, 11) is 0. The van der Waals surface area contributed by atoms with Gasteiger partial charge in [-0.05, 0) is 71.3 Å². The summed E-state index contributed by atoms with van der Waals surface area (Å²) in [6, 6.07) is 62.5. The number of fused-ring (bicyclic) bond motifs is 9. The molecular formula is C48H29NO2S. The van der Waals surface area contributed by atoms with Crippen LogP contribution in [0.5, 0.6) is 0 Å². The van der Waals surface area contributed by atoms with Crippen LogP contribution in [0.3, 0.4) is 0 Å².